The van der Waals surface area contributed by atoms with E-state index in [1.165, 1.54) is 21.3 Å². The van der Waals surface area contributed by atoms with E-state index in [9.17, 15) is 4.39 Å². The van der Waals surface area contributed by atoms with Crippen molar-refractivity contribution >= 4 is 38.5 Å². The topological polar surface area (TPSA) is 12.0 Å². The van der Waals surface area contributed by atoms with Crippen molar-refractivity contribution in [3.8, 4) is 0 Å². The molecule has 0 aromatic heterocycles. The first-order valence-electron chi connectivity index (χ1n) is 5.97. The van der Waals surface area contributed by atoms with Gasteiger partial charge in [-0.05, 0) is 77.5 Å². The molecule has 1 N–H and O–H groups in total. The molecule has 0 saturated heterocycles. The van der Waals surface area contributed by atoms with Crippen LogP contribution in [0, 0.1) is 9.39 Å². The molecule has 0 amide bonds. The zero-order valence-corrected chi connectivity index (χ0v) is 14.2. The Labute approximate surface area is 134 Å². The molecule has 0 heterocycles. The van der Waals surface area contributed by atoms with Crippen molar-refractivity contribution < 1.29 is 4.39 Å². The summed E-state index contributed by atoms with van der Waals surface area (Å²) in [5, 5.41) is 3.32. The smallest absolute Gasteiger partial charge is 0.123 e. The van der Waals surface area contributed by atoms with Crippen LogP contribution in [0.15, 0.2) is 46.9 Å². The normalized spacial score (nSPS) is 12.4. The van der Waals surface area contributed by atoms with E-state index in [1.807, 2.05) is 19.2 Å². The molecule has 100 valence electrons. The molecule has 0 aliphatic rings. The minimum Gasteiger partial charge on any atom is -0.313 e. The molecule has 0 saturated carbocycles. The SMILES string of the molecule is CNC(Cc1ccc(F)cc1)c1cc(I)ccc1Br. The fourth-order valence-corrected chi connectivity index (χ4v) is 3.04. The number of hydrogen-bond donors (Lipinski definition) is 1. The summed E-state index contributed by atoms with van der Waals surface area (Å²) in [6, 6.07) is 13.2. The average Bonchev–Trinajstić information content (AvgIpc) is 2.41. The van der Waals surface area contributed by atoms with Gasteiger partial charge >= 0.3 is 0 Å². The molecule has 1 atom stereocenters. The number of likely N-dealkylation sites (N-methyl/N-ethyl adjacent to an activating group) is 1. The highest BCUT2D eigenvalue weighted by molar-refractivity contribution is 14.1. The van der Waals surface area contributed by atoms with Crippen molar-refractivity contribution in [2.24, 2.45) is 0 Å². The van der Waals surface area contributed by atoms with Gasteiger partial charge in [-0.15, -0.1) is 0 Å². The Morgan fingerprint density at radius 1 is 1.21 bits per heavy atom. The van der Waals surface area contributed by atoms with Crippen LogP contribution in [0.3, 0.4) is 0 Å². The van der Waals surface area contributed by atoms with E-state index in [2.05, 4.69) is 62.0 Å². The van der Waals surface area contributed by atoms with E-state index < -0.39 is 0 Å². The van der Waals surface area contributed by atoms with Gasteiger partial charge in [0.15, 0.2) is 0 Å². The van der Waals surface area contributed by atoms with E-state index in [1.54, 1.807) is 0 Å². The lowest BCUT2D eigenvalue weighted by Gasteiger charge is -2.18. The predicted octanol–water partition coefficient (Wildman–Crippen LogP) is 4.70. The monoisotopic (exact) mass is 433 g/mol. The van der Waals surface area contributed by atoms with Crippen LogP contribution in [-0.2, 0) is 6.42 Å². The van der Waals surface area contributed by atoms with Gasteiger partial charge in [0.25, 0.3) is 0 Å². The van der Waals surface area contributed by atoms with Gasteiger partial charge in [0.2, 0.25) is 0 Å². The van der Waals surface area contributed by atoms with Crippen molar-refractivity contribution in [1.29, 1.82) is 0 Å². The van der Waals surface area contributed by atoms with Crippen molar-refractivity contribution in [3.05, 3.63) is 67.5 Å². The standard InChI is InChI=1S/C15H14BrFIN/c1-19-15(8-10-2-4-11(17)5-3-10)13-9-12(18)6-7-14(13)16/h2-7,9,15,19H,8H2,1H3. The van der Waals surface area contributed by atoms with Gasteiger partial charge in [0.05, 0.1) is 0 Å². The second-order valence-corrected chi connectivity index (χ2v) is 6.44. The number of rotatable bonds is 4. The lowest BCUT2D eigenvalue weighted by atomic mass is 9.99. The summed E-state index contributed by atoms with van der Waals surface area (Å²) in [4.78, 5) is 0. The minimum absolute atomic E-state index is 0.194. The van der Waals surface area contributed by atoms with Gasteiger partial charge in [-0.2, -0.15) is 0 Å². The molecule has 19 heavy (non-hydrogen) atoms. The zero-order chi connectivity index (χ0) is 13.8. The molecule has 2 aromatic carbocycles. The van der Waals surface area contributed by atoms with Crippen LogP contribution in [-0.4, -0.2) is 7.05 Å². The van der Waals surface area contributed by atoms with Crippen molar-refractivity contribution in [2.75, 3.05) is 7.05 Å². The minimum atomic E-state index is -0.194. The molecule has 4 heteroatoms. The maximum atomic E-state index is 12.9. The number of nitrogens with one attached hydrogen (secondary N) is 1. The third kappa shape index (κ3) is 4.00. The van der Waals surface area contributed by atoms with E-state index in [4.69, 9.17) is 0 Å². The first-order valence-corrected chi connectivity index (χ1v) is 7.84. The Kier molecular flexibility index (Phi) is 5.36. The Bertz CT molecular complexity index is 557. The predicted molar refractivity (Wildman–Crippen MR) is 88.8 cm³/mol. The molecule has 1 nitrogen and oxygen atoms in total. The molecule has 2 rings (SSSR count). The quantitative estimate of drug-likeness (QED) is 0.689. The van der Waals surface area contributed by atoms with Gasteiger partial charge in [-0.3, -0.25) is 0 Å². The van der Waals surface area contributed by atoms with Crippen LogP contribution >= 0.6 is 38.5 Å². The molecular formula is C15H14BrFIN. The first kappa shape index (κ1) is 14.9. The number of benzene rings is 2. The fourth-order valence-electron chi connectivity index (χ4n) is 2.01. The van der Waals surface area contributed by atoms with E-state index in [0.717, 1.165) is 16.5 Å². The molecule has 0 fully saturated rings. The summed E-state index contributed by atoms with van der Waals surface area (Å²) >= 11 is 5.90. The Balaban J connectivity index is 2.24. The van der Waals surface area contributed by atoms with Crippen LogP contribution < -0.4 is 5.32 Å². The van der Waals surface area contributed by atoms with Gasteiger partial charge in [-0.1, -0.05) is 28.1 Å². The molecule has 0 radical (unpaired) electrons. The largest absolute Gasteiger partial charge is 0.313 e. The molecule has 0 bridgehead atoms. The lowest BCUT2D eigenvalue weighted by molar-refractivity contribution is 0.586. The molecule has 1 unspecified atom stereocenters. The lowest BCUT2D eigenvalue weighted by Crippen LogP contribution is -2.19. The summed E-state index contributed by atoms with van der Waals surface area (Å²) < 4.78 is 15.2. The molecule has 2 aromatic rings. The molecular weight excluding hydrogens is 420 g/mol. The maximum Gasteiger partial charge on any atom is 0.123 e. The first-order chi connectivity index (χ1) is 9.10. The summed E-state index contributed by atoms with van der Waals surface area (Å²) in [6.45, 7) is 0. The molecule has 0 spiro atoms. The highest BCUT2D eigenvalue weighted by Crippen LogP contribution is 2.27. The second kappa shape index (κ2) is 6.81. The van der Waals surface area contributed by atoms with Crippen LogP contribution in [0.25, 0.3) is 0 Å². The summed E-state index contributed by atoms with van der Waals surface area (Å²) in [5.41, 5.74) is 2.34. The van der Waals surface area contributed by atoms with E-state index in [0.29, 0.717) is 0 Å². The summed E-state index contributed by atoms with van der Waals surface area (Å²) in [7, 11) is 1.94. The van der Waals surface area contributed by atoms with Crippen LogP contribution in [0.2, 0.25) is 0 Å². The van der Waals surface area contributed by atoms with Gasteiger partial charge in [0.1, 0.15) is 5.82 Å². The Hall–Kier alpha value is -0.460. The van der Waals surface area contributed by atoms with Crippen molar-refractivity contribution in [2.45, 2.75) is 12.5 Å². The summed E-state index contributed by atoms with van der Waals surface area (Å²) in [6.07, 6.45) is 0.829. The fraction of sp³-hybridized carbons (Fsp3) is 0.200. The van der Waals surface area contributed by atoms with Gasteiger partial charge < -0.3 is 5.32 Å². The van der Waals surface area contributed by atoms with Crippen LogP contribution in [0.1, 0.15) is 17.2 Å². The third-order valence-electron chi connectivity index (χ3n) is 3.04. The van der Waals surface area contributed by atoms with Crippen molar-refractivity contribution in [1.82, 2.24) is 5.32 Å². The molecule has 0 aliphatic heterocycles. The highest BCUT2D eigenvalue weighted by Gasteiger charge is 2.13. The Morgan fingerprint density at radius 2 is 1.89 bits per heavy atom. The van der Waals surface area contributed by atoms with E-state index in [-0.39, 0.29) is 11.9 Å². The van der Waals surface area contributed by atoms with Crippen molar-refractivity contribution in [3.63, 3.8) is 0 Å². The van der Waals surface area contributed by atoms with E-state index >= 15 is 0 Å². The number of halogens is 3. The Morgan fingerprint density at radius 3 is 2.53 bits per heavy atom. The van der Waals surface area contributed by atoms with Gasteiger partial charge in [-0.25, -0.2) is 4.39 Å². The zero-order valence-electron chi connectivity index (χ0n) is 10.5. The average molecular weight is 434 g/mol. The second-order valence-electron chi connectivity index (χ2n) is 4.34. The highest BCUT2D eigenvalue weighted by atomic mass is 127. The number of hydrogen-bond acceptors (Lipinski definition) is 1. The third-order valence-corrected chi connectivity index (χ3v) is 4.43. The van der Waals surface area contributed by atoms with Crippen LogP contribution in [0.4, 0.5) is 4.39 Å². The molecule has 0 aliphatic carbocycles. The maximum absolute atomic E-state index is 12.9. The van der Waals surface area contributed by atoms with Gasteiger partial charge in [0, 0.05) is 14.1 Å². The summed E-state index contributed by atoms with van der Waals surface area (Å²) in [5.74, 6) is -0.194. The van der Waals surface area contributed by atoms with Crippen LogP contribution in [0.5, 0.6) is 0 Å².